The third kappa shape index (κ3) is 6.47. The first-order valence-corrected chi connectivity index (χ1v) is 12.1. The van der Waals surface area contributed by atoms with E-state index in [2.05, 4.69) is 27.4 Å². The van der Waals surface area contributed by atoms with Gasteiger partial charge in [0.1, 0.15) is 5.82 Å². The molecule has 3 heterocycles. The third-order valence-corrected chi connectivity index (χ3v) is 7.09. The molecule has 4 rings (SSSR count). The van der Waals surface area contributed by atoms with E-state index in [1.165, 1.54) is 32.0 Å². The van der Waals surface area contributed by atoms with Gasteiger partial charge in [-0.25, -0.2) is 4.39 Å². The minimum atomic E-state index is -0.167. The lowest BCUT2D eigenvalue weighted by atomic mass is 9.88. The highest BCUT2D eigenvalue weighted by Gasteiger charge is 2.39. The van der Waals surface area contributed by atoms with Gasteiger partial charge in [-0.2, -0.15) is 0 Å². The van der Waals surface area contributed by atoms with Crippen molar-refractivity contribution in [1.82, 2.24) is 15.5 Å². The second kappa shape index (κ2) is 12.4. The Kier molecular flexibility index (Phi) is 9.85. The predicted molar refractivity (Wildman–Crippen MR) is 140 cm³/mol. The molecule has 0 aliphatic carbocycles. The van der Waals surface area contributed by atoms with E-state index in [-0.39, 0.29) is 35.3 Å². The van der Waals surface area contributed by atoms with Crippen LogP contribution in [0.25, 0.3) is 0 Å². The van der Waals surface area contributed by atoms with Crippen LogP contribution in [-0.4, -0.2) is 74.9 Å². The van der Waals surface area contributed by atoms with Crippen molar-refractivity contribution in [3.63, 3.8) is 0 Å². The molecular formula is C24H39FIN5O. The van der Waals surface area contributed by atoms with E-state index in [4.69, 9.17) is 9.73 Å². The molecule has 0 amide bonds. The molecule has 3 saturated heterocycles. The highest BCUT2D eigenvalue weighted by molar-refractivity contribution is 14.0. The number of ether oxygens (including phenoxy) is 1. The van der Waals surface area contributed by atoms with Crippen LogP contribution in [0.2, 0.25) is 0 Å². The summed E-state index contributed by atoms with van der Waals surface area (Å²) in [7, 11) is 0. The van der Waals surface area contributed by atoms with Gasteiger partial charge in [0.15, 0.2) is 5.96 Å². The van der Waals surface area contributed by atoms with Crippen LogP contribution in [0.5, 0.6) is 0 Å². The molecule has 0 radical (unpaired) electrons. The van der Waals surface area contributed by atoms with E-state index < -0.39 is 0 Å². The monoisotopic (exact) mass is 559 g/mol. The Labute approximate surface area is 209 Å². The van der Waals surface area contributed by atoms with Gasteiger partial charge in [-0.15, -0.1) is 24.0 Å². The van der Waals surface area contributed by atoms with Gasteiger partial charge in [0, 0.05) is 50.1 Å². The summed E-state index contributed by atoms with van der Waals surface area (Å²) < 4.78 is 19.2. The average Bonchev–Trinajstić information content (AvgIpc) is 3.35. The lowest BCUT2D eigenvalue weighted by Gasteiger charge is -2.43. The Balaban J connectivity index is 0.00000289. The maximum Gasteiger partial charge on any atom is 0.191 e. The van der Waals surface area contributed by atoms with Crippen molar-refractivity contribution in [3.8, 4) is 0 Å². The Bertz CT molecular complexity index is 729. The number of aliphatic imine (C=N–C) groups is 1. The van der Waals surface area contributed by atoms with E-state index in [1.54, 1.807) is 12.1 Å². The van der Waals surface area contributed by atoms with Gasteiger partial charge < -0.3 is 20.3 Å². The van der Waals surface area contributed by atoms with Crippen LogP contribution >= 0.6 is 24.0 Å². The van der Waals surface area contributed by atoms with E-state index in [1.807, 2.05) is 6.07 Å². The fourth-order valence-electron chi connectivity index (χ4n) is 5.21. The number of piperidine rings is 1. The Morgan fingerprint density at radius 1 is 1.16 bits per heavy atom. The Morgan fingerprint density at radius 3 is 2.53 bits per heavy atom. The number of hydrogen-bond acceptors (Lipinski definition) is 4. The second-order valence-electron chi connectivity index (χ2n) is 9.11. The quantitative estimate of drug-likeness (QED) is 0.317. The molecule has 2 N–H and O–H groups in total. The first-order chi connectivity index (χ1) is 15.2. The lowest BCUT2D eigenvalue weighted by molar-refractivity contribution is -0.0139. The number of hydrogen-bond donors (Lipinski definition) is 2. The fraction of sp³-hybridized carbons (Fsp3) is 0.708. The summed E-state index contributed by atoms with van der Waals surface area (Å²) in [6.45, 7) is 9.72. The molecule has 1 aromatic rings. The van der Waals surface area contributed by atoms with Gasteiger partial charge in [-0.1, -0.05) is 6.07 Å². The molecule has 180 valence electrons. The summed E-state index contributed by atoms with van der Waals surface area (Å²) >= 11 is 0. The number of guanidine groups is 1. The zero-order valence-electron chi connectivity index (χ0n) is 19.3. The molecule has 32 heavy (non-hydrogen) atoms. The normalized spacial score (nSPS) is 22.4. The molecule has 3 fully saturated rings. The second-order valence-corrected chi connectivity index (χ2v) is 9.11. The number of anilines is 1. The van der Waals surface area contributed by atoms with Gasteiger partial charge in [-0.3, -0.25) is 9.89 Å². The summed E-state index contributed by atoms with van der Waals surface area (Å²) in [5, 5.41) is 7.13. The van der Waals surface area contributed by atoms with Crippen LogP contribution in [0, 0.1) is 5.82 Å². The van der Waals surface area contributed by atoms with Crippen LogP contribution in [0.4, 0.5) is 10.1 Å². The highest BCUT2D eigenvalue weighted by atomic mass is 127. The van der Waals surface area contributed by atoms with Gasteiger partial charge in [0.05, 0.1) is 6.54 Å². The third-order valence-electron chi connectivity index (χ3n) is 7.09. The van der Waals surface area contributed by atoms with E-state index in [9.17, 15) is 4.39 Å². The number of benzene rings is 1. The maximum absolute atomic E-state index is 13.6. The van der Waals surface area contributed by atoms with Crippen LogP contribution in [-0.2, 0) is 4.74 Å². The van der Waals surface area contributed by atoms with E-state index in [0.29, 0.717) is 6.04 Å². The number of likely N-dealkylation sites (tertiary alicyclic amines) is 1. The largest absolute Gasteiger partial charge is 0.381 e. The van der Waals surface area contributed by atoms with Crippen LogP contribution in [0.1, 0.15) is 45.4 Å². The van der Waals surface area contributed by atoms with Crippen molar-refractivity contribution in [2.24, 2.45) is 4.99 Å². The van der Waals surface area contributed by atoms with Crippen molar-refractivity contribution in [1.29, 1.82) is 0 Å². The first kappa shape index (κ1) is 25.5. The minimum Gasteiger partial charge on any atom is -0.381 e. The van der Waals surface area contributed by atoms with Crippen molar-refractivity contribution >= 4 is 35.6 Å². The zero-order chi connectivity index (χ0) is 21.5. The molecule has 8 heteroatoms. The van der Waals surface area contributed by atoms with Crippen molar-refractivity contribution in [3.05, 3.63) is 30.1 Å². The first-order valence-electron chi connectivity index (χ1n) is 12.1. The SMILES string of the molecule is CCNC(=NCC1(N2CCCC2)CCOCC1)NC1CCN(c2cccc(F)c2)CC1.I. The molecule has 6 nitrogen and oxygen atoms in total. The summed E-state index contributed by atoms with van der Waals surface area (Å²) in [4.78, 5) is 10.0. The Hall–Kier alpha value is -1.13. The average molecular weight is 560 g/mol. The predicted octanol–water partition coefficient (Wildman–Crippen LogP) is 3.61. The standard InChI is InChI=1S/C24H38FN5O.HI/c1-2-26-23(27-19-24(10-16-31-17-11-24)30-12-3-4-13-30)28-21-8-14-29(15-9-21)22-7-5-6-20(25)18-22;/h5-7,18,21H,2-4,8-17,19H2,1H3,(H2,26,27,28);1H. The summed E-state index contributed by atoms with van der Waals surface area (Å²) in [5.41, 5.74) is 1.13. The molecule has 3 aliphatic rings. The lowest BCUT2D eigenvalue weighted by Crippen LogP contribution is -2.54. The minimum absolute atomic E-state index is 0. The number of halogens is 2. The van der Waals surface area contributed by atoms with Crippen molar-refractivity contribution in [2.75, 3.05) is 57.4 Å². The molecular weight excluding hydrogens is 520 g/mol. The molecule has 0 bridgehead atoms. The molecule has 0 atom stereocenters. The van der Waals surface area contributed by atoms with Gasteiger partial charge in [0.2, 0.25) is 0 Å². The summed E-state index contributed by atoms with van der Waals surface area (Å²) in [6, 6.07) is 7.31. The maximum atomic E-state index is 13.6. The van der Waals surface area contributed by atoms with Gasteiger partial charge in [-0.05, 0) is 76.7 Å². The number of nitrogens with zero attached hydrogens (tertiary/aromatic N) is 3. The zero-order valence-corrected chi connectivity index (χ0v) is 21.7. The van der Waals surface area contributed by atoms with E-state index >= 15 is 0 Å². The topological polar surface area (TPSA) is 52.1 Å². The number of rotatable bonds is 6. The molecule has 0 saturated carbocycles. The van der Waals surface area contributed by atoms with Crippen LogP contribution < -0.4 is 15.5 Å². The number of nitrogens with one attached hydrogen (secondary N) is 2. The van der Waals surface area contributed by atoms with Crippen molar-refractivity contribution in [2.45, 2.75) is 57.0 Å². The summed E-state index contributed by atoms with van der Waals surface area (Å²) in [6.07, 6.45) is 6.78. The summed E-state index contributed by atoms with van der Waals surface area (Å²) in [5.74, 6) is 0.760. The molecule has 1 aromatic carbocycles. The van der Waals surface area contributed by atoms with Gasteiger partial charge >= 0.3 is 0 Å². The van der Waals surface area contributed by atoms with Crippen molar-refractivity contribution < 1.29 is 9.13 Å². The molecule has 0 unspecified atom stereocenters. The smallest absolute Gasteiger partial charge is 0.191 e. The highest BCUT2D eigenvalue weighted by Crippen LogP contribution is 2.31. The molecule has 0 aromatic heterocycles. The molecule has 3 aliphatic heterocycles. The Morgan fingerprint density at radius 2 is 1.88 bits per heavy atom. The molecule has 0 spiro atoms. The van der Waals surface area contributed by atoms with E-state index in [0.717, 1.165) is 76.7 Å². The van der Waals surface area contributed by atoms with Crippen LogP contribution in [0.15, 0.2) is 29.3 Å². The van der Waals surface area contributed by atoms with Gasteiger partial charge in [0.25, 0.3) is 0 Å². The van der Waals surface area contributed by atoms with Crippen LogP contribution in [0.3, 0.4) is 0 Å². The fourth-order valence-corrected chi connectivity index (χ4v) is 5.21.